The van der Waals surface area contributed by atoms with Crippen LogP contribution >= 0.6 is 0 Å². The van der Waals surface area contributed by atoms with Crippen molar-refractivity contribution >= 4 is 0 Å². The molecule has 2 aromatic rings. The van der Waals surface area contributed by atoms with Gasteiger partial charge >= 0.3 is 0 Å². The summed E-state index contributed by atoms with van der Waals surface area (Å²) < 4.78 is 1.93. The summed E-state index contributed by atoms with van der Waals surface area (Å²) in [6.07, 6.45) is 3.50. The van der Waals surface area contributed by atoms with Crippen LogP contribution in [0.1, 0.15) is 28.1 Å². The van der Waals surface area contributed by atoms with Gasteiger partial charge in [-0.15, -0.1) is 0 Å². The number of nitriles is 1. The second-order valence-corrected chi connectivity index (χ2v) is 4.69. The van der Waals surface area contributed by atoms with Gasteiger partial charge < -0.3 is 4.57 Å². The van der Waals surface area contributed by atoms with Gasteiger partial charge in [-0.25, -0.2) is 4.98 Å². The van der Waals surface area contributed by atoms with Gasteiger partial charge in [0.05, 0.1) is 12.0 Å². The van der Waals surface area contributed by atoms with E-state index in [-0.39, 0.29) is 0 Å². The van der Waals surface area contributed by atoms with Crippen molar-refractivity contribution in [3.05, 3.63) is 52.6 Å². The lowest BCUT2D eigenvalue weighted by atomic mass is 10.00. The maximum atomic E-state index is 9.00. The number of benzene rings is 1. The Kier molecular flexibility index (Phi) is 3.47. The van der Waals surface area contributed by atoms with Crippen LogP contribution in [0.4, 0.5) is 0 Å². The van der Waals surface area contributed by atoms with Crippen LogP contribution in [0.3, 0.4) is 0 Å². The number of imidazole rings is 1. The van der Waals surface area contributed by atoms with Crippen molar-refractivity contribution in [2.75, 3.05) is 0 Å². The molecule has 0 unspecified atom stereocenters. The molecule has 0 N–H and O–H groups in total. The van der Waals surface area contributed by atoms with Crippen molar-refractivity contribution in [1.82, 2.24) is 9.55 Å². The standard InChI is InChI=1S/C15H17N3/c1-11-4-5-12(2)13(8-11)6-7-15-14(9-16)17-10-18(15)3/h4-5,8,10H,6-7H2,1-3H3. The van der Waals surface area contributed by atoms with Crippen LogP contribution in [0.5, 0.6) is 0 Å². The van der Waals surface area contributed by atoms with Crippen LogP contribution in [-0.2, 0) is 19.9 Å². The zero-order chi connectivity index (χ0) is 13.1. The van der Waals surface area contributed by atoms with Crippen LogP contribution in [-0.4, -0.2) is 9.55 Å². The molecule has 3 heteroatoms. The van der Waals surface area contributed by atoms with Crippen molar-refractivity contribution in [1.29, 1.82) is 5.26 Å². The maximum absolute atomic E-state index is 9.00. The lowest BCUT2D eigenvalue weighted by molar-refractivity contribution is 0.794. The second kappa shape index (κ2) is 5.05. The molecule has 0 saturated heterocycles. The van der Waals surface area contributed by atoms with Crippen molar-refractivity contribution < 1.29 is 0 Å². The van der Waals surface area contributed by atoms with E-state index in [1.807, 2.05) is 11.6 Å². The van der Waals surface area contributed by atoms with E-state index in [4.69, 9.17) is 5.26 Å². The molecule has 0 bridgehead atoms. The molecule has 0 spiro atoms. The highest BCUT2D eigenvalue weighted by Crippen LogP contribution is 2.15. The smallest absolute Gasteiger partial charge is 0.161 e. The minimum Gasteiger partial charge on any atom is -0.336 e. The fraction of sp³-hybridized carbons (Fsp3) is 0.333. The Bertz CT molecular complexity index is 603. The first-order chi connectivity index (χ1) is 8.61. The van der Waals surface area contributed by atoms with Crippen LogP contribution < -0.4 is 0 Å². The summed E-state index contributed by atoms with van der Waals surface area (Å²) in [4.78, 5) is 4.09. The van der Waals surface area contributed by atoms with Gasteiger partial charge in [0.25, 0.3) is 0 Å². The molecule has 3 nitrogen and oxygen atoms in total. The fourth-order valence-corrected chi connectivity index (χ4v) is 2.17. The van der Waals surface area contributed by atoms with E-state index in [2.05, 4.69) is 43.1 Å². The third-order valence-electron chi connectivity index (χ3n) is 3.30. The number of aromatic nitrogens is 2. The molecule has 1 aromatic heterocycles. The number of aryl methyl sites for hydroxylation is 4. The van der Waals surface area contributed by atoms with E-state index in [1.54, 1.807) is 6.33 Å². The molecule has 0 fully saturated rings. The minimum atomic E-state index is 0.544. The molecule has 1 aromatic carbocycles. The van der Waals surface area contributed by atoms with E-state index in [0.717, 1.165) is 18.5 Å². The molecular weight excluding hydrogens is 222 g/mol. The Morgan fingerprint density at radius 2 is 2.06 bits per heavy atom. The summed E-state index contributed by atoms with van der Waals surface area (Å²) in [6, 6.07) is 8.65. The Morgan fingerprint density at radius 3 is 2.78 bits per heavy atom. The summed E-state index contributed by atoms with van der Waals surface area (Å²) in [5, 5.41) is 9.00. The molecule has 0 aliphatic heterocycles. The third kappa shape index (κ3) is 2.43. The molecule has 0 aliphatic rings. The molecular formula is C15H17N3. The van der Waals surface area contributed by atoms with E-state index in [0.29, 0.717) is 5.69 Å². The van der Waals surface area contributed by atoms with Crippen LogP contribution in [0.2, 0.25) is 0 Å². The highest BCUT2D eigenvalue weighted by Gasteiger charge is 2.09. The molecule has 1 heterocycles. The first-order valence-corrected chi connectivity index (χ1v) is 6.08. The molecule has 18 heavy (non-hydrogen) atoms. The van der Waals surface area contributed by atoms with Crippen LogP contribution in [0, 0.1) is 25.2 Å². The Hall–Kier alpha value is -2.08. The van der Waals surface area contributed by atoms with Crippen LogP contribution in [0.25, 0.3) is 0 Å². The number of nitrogens with zero attached hydrogens (tertiary/aromatic N) is 3. The van der Waals surface area contributed by atoms with Gasteiger partial charge in [-0.2, -0.15) is 5.26 Å². The van der Waals surface area contributed by atoms with E-state index >= 15 is 0 Å². The SMILES string of the molecule is Cc1ccc(C)c(CCc2c(C#N)ncn2C)c1. The summed E-state index contributed by atoms with van der Waals surface area (Å²) in [5.41, 5.74) is 5.49. The molecule has 0 radical (unpaired) electrons. The van der Waals surface area contributed by atoms with Gasteiger partial charge in [0.15, 0.2) is 5.69 Å². The van der Waals surface area contributed by atoms with E-state index in [1.165, 1.54) is 16.7 Å². The first kappa shape index (κ1) is 12.4. The minimum absolute atomic E-state index is 0.544. The van der Waals surface area contributed by atoms with Crippen molar-refractivity contribution in [2.24, 2.45) is 7.05 Å². The third-order valence-corrected chi connectivity index (χ3v) is 3.30. The van der Waals surface area contributed by atoms with Crippen molar-refractivity contribution in [3.63, 3.8) is 0 Å². The van der Waals surface area contributed by atoms with Crippen LogP contribution in [0.15, 0.2) is 24.5 Å². The number of rotatable bonds is 3. The van der Waals surface area contributed by atoms with Gasteiger partial charge in [-0.05, 0) is 37.8 Å². The van der Waals surface area contributed by atoms with Gasteiger partial charge in [-0.1, -0.05) is 23.8 Å². The average Bonchev–Trinajstić information content (AvgIpc) is 2.71. The van der Waals surface area contributed by atoms with E-state index < -0.39 is 0 Å². The number of hydrogen-bond acceptors (Lipinski definition) is 2. The zero-order valence-corrected chi connectivity index (χ0v) is 11.1. The fourth-order valence-electron chi connectivity index (χ4n) is 2.17. The molecule has 0 saturated carbocycles. The maximum Gasteiger partial charge on any atom is 0.161 e. The quantitative estimate of drug-likeness (QED) is 0.826. The lowest BCUT2D eigenvalue weighted by Crippen LogP contribution is -2.01. The van der Waals surface area contributed by atoms with Crippen molar-refractivity contribution in [2.45, 2.75) is 26.7 Å². The highest BCUT2D eigenvalue weighted by molar-refractivity contribution is 5.32. The lowest BCUT2D eigenvalue weighted by Gasteiger charge is -2.08. The zero-order valence-electron chi connectivity index (χ0n) is 11.1. The monoisotopic (exact) mass is 239 g/mol. The first-order valence-electron chi connectivity index (χ1n) is 6.08. The Balaban J connectivity index is 2.19. The van der Waals surface area contributed by atoms with Gasteiger partial charge in [0.2, 0.25) is 0 Å². The normalized spacial score (nSPS) is 10.3. The predicted octanol–water partition coefficient (Wildman–Crippen LogP) is 2.69. The van der Waals surface area contributed by atoms with Gasteiger partial charge in [0, 0.05) is 7.05 Å². The topological polar surface area (TPSA) is 41.6 Å². The Morgan fingerprint density at radius 1 is 1.28 bits per heavy atom. The average molecular weight is 239 g/mol. The molecule has 0 aliphatic carbocycles. The molecule has 0 atom stereocenters. The van der Waals surface area contributed by atoms with Gasteiger partial charge in [-0.3, -0.25) is 0 Å². The summed E-state index contributed by atoms with van der Waals surface area (Å²) in [7, 11) is 1.94. The highest BCUT2D eigenvalue weighted by atomic mass is 15.0. The Labute approximate surface area is 108 Å². The van der Waals surface area contributed by atoms with Crippen molar-refractivity contribution in [3.8, 4) is 6.07 Å². The second-order valence-electron chi connectivity index (χ2n) is 4.69. The summed E-state index contributed by atoms with van der Waals surface area (Å²) in [6.45, 7) is 4.23. The molecule has 92 valence electrons. The number of hydrogen-bond donors (Lipinski definition) is 0. The van der Waals surface area contributed by atoms with E-state index in [9.17, 15) is 0 Å². The summed E-state index contributed by atoms with van der Waals surface area (Å²) >= 11 is 0. The predicted molar refractivity (Wildman–Crippen MR) is 71.2 cm³/mol. The summed E-state index contributed by atoms with van der Waals surface area (Å²) in [5.74, 6) is 0. The van der Waals surface area contributed by atoms with Gasteiger partial charge in [0.1, 0.15) is 6.07 Å². The molecule has 2 rings (SSSR count). The molecule has 0 amide bonds. The largest absolute Gasteiger partial charge is 0.336 e.